The molecule has 134 valence electrons. The Morgan fingerprint density at radius 2 is 1.67 bits per heavy atom. The number of nitrogens with zero attached hydrogens (tertiary/aromatic N) is 1. The van der Waals surface area contributed by atoms with E-state index in [1.54, 1.807) is 0 Å². The molecule has 0 radical (unpaired) electrons. The van der Waals surface area contributed by atoms with Gasteiger partial charge in [0, 0.05) is 16.1 Å². The molecule has 1 aromatic carbocycles. The molecule has 0 heterocycles. The van der Waals surface area contributed by atoms with Crippen LogP contribution in [-0.4, -0.2) is 18.0 Å². The first-order valence-electron chi connectivity index (χ1n) is 9.06. The summed E-state index contributed by atoms with van der Waals surface area (Å²) in [5.74, 6) is 0.364. The van der Waals surface area contributed by atoms with Crippen LogP contribution < -0.4 is 0 Å². The van der Waals surface area contributed by atoms with Crippen molar-refractivity contribution in [1.82, 2.24) is 4.90 Å². The van der Waals surface area contributed by atoms with Crippen LogP contribution in [0.15, 0.2) is 47.5 Å². The van der Waals surface area contributed by atoms with Crippen molar-refractivity contribution >= 4 is 23.2 Å². The van der Waals surface area contributed by atoms with E-state index in [0.717, 1.165) is 42.4 Å². The van der Waals surface area contributed by atoms with E-state index in [0.29, 0.717) is 12.0 Å². The smallest absolute Gasteiger partial charge is 0.0408 e. The van der Waals surface area contributed by atoms with Gasteiger partial charge in [0.2, 0.25) is 0 Å². The quantitative estimate of drug-likeness (QED) is 0.394. The molecule has 0 aromatic heterocycles. The van der Waals surface area contributed by atoms with Crippen molar-refractivity contribution < 1.29 is 0 Å². The summed E-state index contributed by atoms with van der Waals surface area (Å²) in [6, 6.07) is 8.61. The van der Waals surface area contributed by atoms with E-state index in [9.17, 15) is 0 Å². The molecule has 3 heteroatoms. The van der Waals surface area contributed by atoms with E-state index < -0.39 is 0 Å². The van der Waals surface area contributed by atoms with Crippen molar-refractivity contribution in [3.05, 3.63) is 58.1 Å². The summed E-state index contributed by atoms with van der Waals surface area (Å²) in [5, 5.41) is 1.60. The average Bonchev–Trinajstić information content (AvgIpc) is 2.55. The second-order valence-corrected chi connectivity index (χ2v) is 7.12. The molecule has 0 aliphatic rings. The first-order valence-corrected chi connectivity index (χ1v) is 9.82. The zero-order valence-corrected chi connectivity index (χ0v) is 16.9. The lowest BCUT2D eigenvalue weighted by molar-refractivity contribution is 0.166. The standard InChI is InChI=1S/C21H31Cl2N/c1-5-8-19(22)12-9-17(4)21(24(15-6-2)16-7-3)18-10-13-20(23)14-11-18/h8-14,17,21H,5-7,15-16H2,1-4H3/b12-9-,19-8+. The van der Waals surface area contributed by atoms with E-state index in [1.807, 2.05) is 24.3 Å². The summed E-state index contributed by atoms with van der Waals surface area (Å²) < 4.78 is 0. The van der Waals surface area contributed by atoms with Crippen LogP contribution >= 0.6 is 23.2 Å². The molecule has 2 atom stereocenters. The van der Waals surface area contributed by atoms with Crippen LogP contribution in [-0.2, 0) is 0 Å². The molecule has 0 bridgehead atoms. The van der Waals surface area contributed by atoms with E-state index in [4.69, 9.17) is 23.2 Å². The zero-order chi connectivity index (χ0) is 17.9. The van der Waals surface area contributed by atoms with E-state index in [1.165, 1.54) is 5.56 Å². The van der Waals surface area contributed by atoms with Gasteiger partial charge in [0.25, 0.3) is 0 Å². The summed E-state index contributed by atoms with van der Waals surface area (Å²) >= 11 is 12.3. The van der Waals surface area contributed by atoms with Gasteiger partial charge in [-0.05, 0) is 62.0 Å². The predicted octanol–water partition coefficient (Wildman–Crippen LogP) is 7.23. The molecule has 0 amide bonds. The Hall–Kier alpha value is -0.760. The molecule has 0 aliphatic heterocycles. The van der Waals surface area contributed by atoms with Crippen molar-refractivity contribution in [2.45, 2.75) is 53.0 Å². The monoisotopic (exact) mass is 367 g/mol. The number of rotatable bonds is 10. The van der Waals surface area contributed by atoms with Gasteiger partial charge < -0.3 is 0 Å². The molecule has 0 fully saturated rings. The van der Waals surface area contributed by atoms with Gasteiger partial charge in [0.05, 0.1) is 0 Å². The van der Waals surface area contributed by atoms with Gasteiger partial charge in [0.1, 0.15) is 0 Å². The molecule has 0 spiro atoms. The minimum absolute atomic E-state index is 0.338. The Morgan fingerprint density at radius 3 is 2.17 bits per heavy atom. The molecular weight excluding hydrogens is 337 g/mol. The second kappa shape index (κ2) is 11.7. The average molecular weight is 368 g/mol. The van der Waals surface area contributed by atoms with Crippen molar-refractivity contribution in [2.24, 2.45) is 5.92 Å². The van der Waals surface area contributed by atoms with Crippen molar-refractivity contribution in [3.8, 4) is 0 Å². The van der Waals surface area contributed by atoms with Crippen LogP contribution in [0, 0.1) is 5.92 Å². The maximum absolute atomic E-state index is 6.24. The second-order valence-electron chi connectivity index (χ2n) is 6.25. The van der Waals surface area contributed by atoms with Gasteiger partial charge in [-0.2, -0.15) is 0 Å². The molecule has 1 nitrogen and oxygen atoms in total. The first kappa shape index (κ1) is 21.3. The number of hydrogen-bond donors (Lipinski definition) is 0. The molecule has 0 saturated heterocycles. The van der Waals surface area contributed by atoms with Crippen LogP contribution in [0.4, 0.5) is 0 Å². The van der Waals surface area contributed by atoms with Gasteiger partial charge in [-0.15, -0.1) is 0 Å². The Bertz CT molecular complexity index is 513. The highest BCUT2D eigenvalue weighted by Gasteiger charge is 2.23. The van der Waals surface area contributed by atoms with Gasteiger partial charge >= 0.3 is 0 Å². The van der Waals surface area contributed by atoms with Crippen LogP contribution in [0.3, 0.4) is 0 Å². The lowest BCUT2D eigenvalue weighted by Crippen LogP contribution is -2.33. The first-order chi connectivity index (χ1) is 11.5. The summed E-state index contributed by atoms with van der Waals surface area (Å²) in [5.41, 5.74) is 1.31. The highest BCUT2D eigenvalue weighted by molar-refractivity contribution is 6.31. The van der Waals surface area contributed by atoms with Crippen molar-refractivity contribution in [2.75, 3.05) is 13.1 Å². The van der Waals surface area contributed by atoms with E-state index in [-0.39, 0.29) is 0 Å². The Kier molecular flexibility index (Phi) is 10.4. The van der Waals surface area contributed by atoms with E-state index >= 15 is 0 Å². The van der Waals surface area contributed by atoms with Crippen LogP contribution in [0.1, 0.15) is 58.6 Å². The molecular formula is C21H31Cl2N. The molecule has 0 saturated carbocycles. The number of benzene rings is 1. The number of halogens is 2. The van der Waals surface area contributed by atoms with E-state index in [2.05, 4.69) is 50.8 Å². The Morgan fingerprint density at radius 1 is 1.08 bits per heavy atom. The Labute approximate surface area is 158 Å². The highest BCUT2D eigenvalue weighted by atomic mass is 35.5. The third-order valence-electron chi connectivity index (χ3n) is 4.08. The van der Waals surface area contributed by atoms with Gasteiger partial charge in [-0.1, -0.05) is 75.2 Å². The summed E-state index contributed by atoms with van der Waals surface area (Å²) in [6.45, 7) is 11.0. The van der Waals surface area contributed by atoms with Gasteiger partial charge in [0.15, 0.2) is 0 Å². The third-order valence-corrected chi connectivity index (χ3v) is 4.61. The fourth-order valence-electron chi connectivity index (χ4n) is 3.08. The summed E-state index contributed by atoms with van der Waals surface area (Å²) in [6.07, 6.45) is 9.56. The zero-order valence-electron chi connectivity index (χ0n) is 15.4. The fourth-order valence-corrected chi connectivity index (χ4v) is 3.44. The van der Waals surface area contributed by atoms with Crippen LogP contribution in [0.5, 0.6) is 0 Å². The molecule has 0 N–H and O–H groups in total. The largest absolute Gasteiger partial charge is 0.296 e. The van der Waals surface area contributed by atoms with Crippen molar-refractivity contribution in [3.63, 3.8) is 0 Å². The predicted molar refractivity (Wildman–Crippen MR) is 109 cm³/mol. The van der Waals surface area contributed by atoms with Crippen LogP contribution in [0.2, 0.25) is 5.02 Å². The normalized spacial score (nSPS) is 15.2. The number of hydrogen-bond acceptors (Lipinski definition) is 1. The number of allylic oxidation sites excluding steroid dienone is 3. The summed E-state index contributed by atoms with van der Waals surface area (Å²) in [7, 11) is 0. The van der Waals surface area contributed by atoms with Gasteiger partial charge in [-0.3, -0.25) is 4.90 Å². The van der Waals surface area contributed by atoms with Crippen LogP contribution in [0.25, 0.3) is 0 Å². The fraction of sp³-hybridized carbons (Fsp3) is 0.524. The maximum Gasteiger partial charge on any atom is 0.0408 e. The lowest BCUT2D eigenvalue weighted by atomic mass is 9.92. The molecule has 0 aliphatic carbocycles. The maximum atomic E-state index is 6.24. The lowest BCUT2D eigenvalue weighted by Gasteiger charge is -2.35. The highest BCUT2D eigenvalue weighted by Crippen LogP contribution is 2.31. The molecule has 2 unspecified atom stereocenters. The minimum atomic E-state index is 0.338. The topological polar surface area (TPSA) is 3.24 Å². The van der Waals surface area contributed by atoms with Gasteiger partial charge in [-0.25, -0.2) is 0 Å². The molecule has 1 aromatic rings. The molecule has 24 heavy (non-hydrogen) atoms. The third kappa shape index (κ3) is 7.01. The SMILES string of the molecule is CC/C=C(Cl)\C=C/C(C)C(c1ccc(Cl)cc1)N(CCC)CCC. The minimum Gasteiger partial charge on any atom is -0.296 e. The molecule has 1 rings (SSSR count). The van der Waals surface area contributed by atoms with Crippen molar-refractivity contribution in [1.29, 1.82) is 0 Å². The summed E-state index contributed by atoms with van der Waals surface area (Å²) in [4.78, 5) is 2.58. The Balaban J connectivity index is 3.10.